The molecule has 0 aliphatic carbocycles. The standard InChI is InChI=1S/C15H19N3O2/c1-2-12(11-6-4-3-5-7-11)15-17-14(18-20-15)13-10-19-9-8-16-13/h3-7,12-13,16H,2,8-10H2,1H3. The van der Waals surface area contributed by atoms with Crippen LogP contribution in [0, 0.1) is 0 Å². The third kappa shape index (κ3) is 2.73. The molecule has 20 heavy (non-hydrogen) atoms. The Hall–Kier alpha value is -1.72. The van der Waals surface area contributed by atoms with E-state index in [9.17, 15) is 0 Å². The number of morpholine rings is 1. The molecule has 2 unspecified atom stereocenters. The summed E-state index contributed by atoms with van der Waals surface area (Å²) < 4.78 is 10.9. The fourth-order valence-corrected chi connectivity index (χ4v) is 2.50. The van der Waals surface area contributed by atoms with E-state index in [4.69, 9.17) is 9.26 Å². The number of hydrogen-bond donors (Lipinski definition) is 1. The molecule has 106 valence electrons. The number of aromatic nitrogens is 2. The largest absolute Gasteiger partial charge is 0.378 e. The second kappa shape index (κ2) is 6.15. The summed E-state index contributed by atoms with van der Waals surface area (Å²) in [7, 11) is 0. The van der Waals surface area contributed by atoms with Crippen molar-refractivity contribution in [2.75, 3.05) is 19.8 Å². The topological polar surface area (TPSA) is 60.2 Å². The molecule has 1 aliphatic heterocycles. The molecule has 1 N–H and O–H groups in total. The quantitative estimate of drug-likeness (QED) is 0.926. The molecule has 0 radical (unpaired) electrons. The van der Waals surface area contributed by atoms with Gasteiger partial charge in [0.2, 0.25) is 5.89 Å². The summed E-state index contributed by atoms with van der Waals surface area (Å²) in [4.78, 5) is 4.56. The average Bonchev–Trinajstić information content (AvgIpc) is 3.00. The van der Waals surface area contributed by atoms with Gasteiger partial charge in [-0.15, -0.1) is 0 Å². The van der Waals surface area contributed by atoms with Crippen molar-refractivity contribution in [1.82, 2.24) is 15.5 Å². The maximum absolute atomic E-state index is 5.47. The van der Waals surface area contributed by atoms with Crippen molar-refractivity contribution >= 4 is 0 Å². The molecule has 2 aromatic rings. The number of nitrogens with zero attached hydrogens (tertiary/aromatic N) is 2. The predicted octanol–water partition coefficient (Wildman–Crippen LogP) is 2.27. The van der Waals surface area contributed by atoms with Gasteiger partial charge < -0.3 is 14.6 Å². The molecule has 0 saturated carbocycles. The highest BCUT2D eigenvalue weighted by atomic mass is 16.5. The smallest absolute Gasteiger partial charge is 0.234 e. The lowest BCUT2D eigenvalue weighted by Crippen LogP contribution is -2.35. The van der Waals surface area contributed by atoms with Crippen molar-refractivity contribution in [2.45, 2.75) is 25.3 Å². The third-order valence-electron chi connectivity index (χ3n) is 3.60. The summed E-state index contributed by atoms with van der Waals surface area (Å²) in [6.45, 7) is 4.29. The molecule has 5 nitrogen and oxygen atoms in total. The van der Waals surface area contributed by atoms with Gasteiger partial charge >= 0.3 is 0 Å². The first-order valence-corrected chi connectivity index (χ1v) is 7.08. The summed E-state index contributed by atoms with van der Waals surface area (Å²) in [5.74, 6) is 1.53. The molecule has 0 bridgehead atoms. The second-order valence-electron chi connectivity index (χ2n) is 4.94. The number of nitrogens with one attached hydrogen (secondary N) is 1. The summed E-state index contributed by atoms with van der Waals surface area (Å²) >= 11 is 0. The summed E-state index contributed by atoms with van der Waals surface area (Å²) in [6.07, 6.45) is 0.931. The predicted molar refractivity (Wildman–Crippen MR) is 74.4 cm³/mol. The first kappa shape index (κ1) is 13.3. The highest BCUT2D eigenvalue weighted by molar-refractivity contribution is 5.24. The monoisotopic (exact) mass is 273 g/mol. The van der Waals surface area contributed by atoms with Gasteiger partial charge in [0, 0.05) is 6.54 Å². The number of rotatable bonds is 4. The van der Waals surface area contributed by atoms with Crippen LogP contribution in [0.15, 0.2) is 34.9 Å². The Morgan fingerprint density at radius 2 is 2.20 bits per heavy atom. The highest BCUT2D eigenvalue weighted by Crippen LogP contribution is 2.27. The molecule has 3 rings (SSSR count). The van der Waals surface area contributed by atoms with E-state index in [1.165, 1.54) is 5.56 Å². The molecular weight excluding hydrogens is 254 g/mol. The lowest BCUT2D eigenvalue weighted by atomic mass is 9.96. The fraction of sp³-hybridized carbons (Fsp3) is 0.467. The highest BCUT2D eigenvalue weighted by Gasteiger charge is 2.24. The van der Waals surface area contributed by atoms with Gasteiger partial charge in [-0.2, -0.15) is 4.98 Å². The Balaban J connectivity index is 1.81. The van der Waals surface area contributed by atoms with Crippen LogP contribution in [0.3, 0.4) is 0 Å². The van der Waals surface area contributed by atoms with Crippen molar-refractivity contribution in [3.05, 3.63) is 47.6 Å². The molecule has 1 aliphatic rings. The summed E-state index contributed by atoms with van der Waals surface area (Å²) in [5, 5.41) is 7.44. The molecule has 1 aromatic carbocycles. The molecule has 1 aromatic heterocycles. The molecule has 2 heterocycles. The molecule has 5 heteroatoms. The number of benzene rings is 1. The maximum Gasteiger partial charge on any atom is 0.234 e. The first-order chi connectivity index (χ1) is 9.88. The Bertz CT molecular complexity index is 535. The Labute approximate surface area is 118 Å². The van der Waals surface area contributed by atoms with E-state index in [1.807, 2.05) is 18.2 Å². The second-order valence-corrected chi connectivity index (χ2v) is 4.94. The Kier molecular flexibility index (Phi) is 4.08. The lowest BCUT2D eigenvalue weighted by Gasteiger charge is -2.20. The molecule has 1 fully saturated rings. The van der Waals surface area contributed by atoms with E-state index < -0.39 is 0 Å². The van der Waals surface area contributed by atoms with Crippen molar-refractivity contribution in [1.29, 1.82) is 0 Å². The van der Waals surface area contributed by atoms with Crippen molar-refractivity contribution in [3.8, 4) is 0 Å². The van der Waals surface area contributed by atoms with E-state index in [1.54, 1.807) is 0 Å². The van der Waals surface area contributed by atoms with E-state index in [0.717, 1.165) is 19.6 Å². The van der Waals surface area contributed by atoms with Crippen LogP contribution in [0.2, 0.25) is 0 Å². The van der Waals surface area contributed by atoms with Crippen molar-refractivity contribution in [2.24, 2.45) is 0 Å². The Morgan fingerprint density at radius 3 is 2.90 bits per heavy atom. The van der Waals surface area contributed by atoms with Gasteiger partial charge in [0.15, 0.2) is 5.82 Å². The van der Waals surface area contributed by atoms with Crippen LogP contribution in [-0.4, -0.2) is 29.9 Å². The zero-order valence-corrected chi connectivity index (χ0v) is 11.6. The number of hydrogen-bond acceptors (Lipinski definition) is 5. The van der Waals surface area contributed by atoms with Crippen LogP contribution in [0.25, 0.3) is 0 Å². The van der Waals surface area contributed by atoms with Gasteiger partial charge in [-0.3, -0.25) is 0 Å². The maximum atomic E-state index is 5.47. The van der Waals surface area contributed by atoms with Gasteiger partial charge in [0.25, 0.3) is 0 Å². The van der Waals surface area contributed by atoms with Crippen LogP contribution in [0.4, 0.5) is 0 Å². The minimum absolute atomic E-state index is 0.0366. The van der Waals surface area contributed by atoms with Crippen LogP contribution in [0.5, 0.6) is 0 Å². The average molecular weight is 273 g/mol. The minimum atomic E-state index is 0.0366. The fourth-order valence-electron chi connectivity index (χ4n) is 2.50. The zero-order valence-electron chi connectivity index (χ0n) is 11.6. The Morgan fingerprint density at radius 1 is 1.35 bits per heavy atom. The first-order valence-electron chi connectivity index (χ1n) is 7.08. The summed E-state index contributed by atoms with van der Waals surface area (Å²) in [5.41, 5.74) is 1.21. The molecule has 1 saturated heterocycles. The molecule has 2 atom stereocenters. The molecule has 0 spiro atoms. The van der Waals surface area contributed by atoms with E-state index in [-0.39, 0.29) is 12.0 Å². The molecule has 0 amide bonds. The van der Waals surface area contributed by atoms with Crippen molar-refractivity contribution < 1.29 is 9.26 Å². The minimum Gasteiger partial charge on any atom is -0.378 e. The summed E-state index contributed by atoms with van der Waals surface area (Å²) in [6, 6.07) is 10.3. The van der Waals surface area contributed by atoms with E-state index >= 15 is 0 Å². The van der Waals surface area contributed by atoms with E-state index in [2.05, 4.69) is 34.5 Å². The van der Waals surface area contributed by atoms with Gasteiger partial charge in [-0.05, 0) is 12.0 Å². The van der Waals surface area contributed by atoms with Gasteiger partial charge in [0.1, 0.15) is 0 Å². The third-order valence-corrected chi connectivity index (χ3v) is 3.60. The van der Waals surface area contributed by atoms with Crippen LogP contribution < -0.4 is 5.32 Å². The van der Waals surface area contributed by atoms with Crippen molar-refractivity contribution in [3.63, 3.8) is 0 Å². The van der Waals surface area contributed by atoms with Crippen LogP contribution in [-0.2, 0) is 4.74 Å². The van der Waals surface area contributed by atoms with Gasteiger partial charge in [-0.1, -0.05) is 42.4 Å². The van der Waals surface area contributed by atoms with Gasteiger partial charge in [0.05, 0.1) is 25.2 Å². The van der Waals surface area contributed by atoms with E-state index in [0.29, 0.717) is 18.3 Å². The zero-order chi connectivity index (χ0) is 13.8. The SMILES string of the molecule is CCC(c1ccccc1)c1nc(C2COCCN2)no1. The molecular formula is C15H19N3O2. The van der Waals surface area contributed by atoms with Crippen LogP contribution in [0.1, 0.15) is 42.6 Å². The van der Waals surface area contributed by atoms with Gasteiger partial charge in [-0.25, -0.2) is 0 Å². The number of ether oxygens (including phenoxy) is 1. The normalized spacial score (nSPS) is 20.8. The lowest BCUT2D eigenvalue weighted by molar-refractivity contribution is 0.0734. The van der Waals surface area contributed by atoms with Crippen LogP contribution >= 0.6 is 0 Å².